The zero-order chi connectivity index (χ0) is 25.1. The molecule has 1 amide bonds. The van der Waals surface area contributed by atoms with E-state index in [-0.39, 0.29) is 24.6 Å². The monoisotopic (exact) mass is 493 g/mol. The Morgan fingerprint density at radius 3 is 2.33 bits per heavy atom. The number of carbonyl (C=O) groups excluding carboxylic acids is 2. The summed E-state index contributed by atoms with van der Waals surface area (Å²) in [5, 5.41) is 2.90. The van der Waals surface area contributed by atoms with Gasteiger partial charge in [0.1, 0.15) is 18.1 Å². The van der Waals surface area contributed by atoms with Crippen molar-refractivity contribution >= 4 is 11.9 Å². The quantitative estimate of drug-likeness (QED) is 0.390. The molecule has 2 saturated carbocycles. The fourth-order valence-corrected chi connectivity index (χ4v) is 5.62. The van der Waals surface area contributed by atoms with Crippen LogP contribution in [0.15, 0.2) is 30.3 Å². The van der Waals surface area contributed by atoms with E-state index in [2.05, 4.69) is 5.32 Å². The van der Waals surface area contributed by atoms with Gasteiger partial charge in [0.05, 0.1) is 14.2 Å². The number of hydrogen-bond donors (Lipinski definition) is 1. The first-order valence-corrected chi connectivity index (χ1v) is 13.1. The number of nitrogens with one attached hydrogen (secondary N) is 1. The van der Waals surface area contributed by atoms with Crippen LogP contribution < -0.4 is 19.5 Å². The number of carbonyl (C=O) groups is 2. The van der Waals surface area contributed by atoms with E-state index >= 15 is 0 Å². The second-order valence-corrected chi connectivity index (χ2v) is 10.1. The number of methoxy groups -OCH3 is 2. The summed E-state index contributed by atoms with van der Waals surface area (Å²) in [6.45, 7) is 0.664. The van der Waals surface area contributed by atoms with E-state index in [9.17, 15) is 9.59 Å². The van der Waals surface area contributed by atoms with Crippen LogP contribution >= 0.6 is 0 Å². The van der Waals surface area contributed by atoms with Gasteiger partial charge in [0.15, 0.2) is 11.5 Å². The molecule has 1 N–H and O–H groups in total. The second kappa shape index (κ2) is 10.4. The highest BCUT2D eigenvalue weighted by atomic mass is 16.6. The molecular formula is C29H35NO6. The molecule has 0 aromatic heterocycles. The Morgan fingerprint density at radius 1 is 0.917 bits per heavy atom. The number of hydrogen-bond acceptors (Lipinski definition) is 6. The fourth-order valence-electron chi connectivity index (χ4n) is 5.62. The van der Waals surface area contributed by atoms with Crippen molar-refractivity contribution in [2.24, 2.45) is 5.41 Å². The highest BCUT2D eigenvalue weighted by molar-refractivity contribution is 6.01. The molecule has 7 nitrogen and oxygen atoms in total. The van der Waals surface area contributed by atoms with Crippen LogP contribution in [-0.2, 0) is 16.1 Å². The molecule has 36 heavy (non-hydrogen) atoms. The summed E-state index contributed by atoms with van der Waals surface area (Å²) in [6, 6.07) is 9.44. The van der Waals surface area contributed by atoms with Crippen LogP contribution in [0.25, 0.3) is 11.1 Å². The summed E-state index contributed by atoms with van der Waals surface area (Å²) in [7, 11) is 3.16. The lowest BCUT2D eigenvalue weighted by Crippen LogP contribution is -2.45. The van der Waals surface area contributed by atoms with E-state index < -0.39 is 5.41 Å². The molecule has 2 aromatic rings. The molecule has 2 aliphatic carbocycles. The molecule has 7 heteroatoms. The average Bonchev–Trinajstić information content (AvgIpc) is 3.07. The first-order chi connectivity index (χ1) is 17.6. The Labute approximate surface area is 212 Å². The van der Waals surface area contributed by atoms with Crippen molar-refractivity contribution in [1.82, 2.24) is 5.32 Å². The molecule has 1 heterocycles. The van der Waals surface area contributed by atoms with E-state index in [4.69, 9.17) is 18.9 Å². The second-order valence-electron chi connectivity index (χ2n) is 10.1. The Kier molecular flexibility index (Phi) is 7.08. The summed E-state index contributed by atoms with van der Waals surface area (Å²) in [4.78, 5) is 25.6. The molecule has 0 unspecified atom stereocenters. The third-order valence-electron chi connectivity index (χ3n) is 7.95. The fraction of sp³-hybridized carbons (Fsp3) is 0.517. The van der Waals surface area contributed by atoms with E-state index in [1.165, 1.54) is 12.8 Å². The molecule has 0 bridgehead atoms. The van der Waals surface area contributed by atoms with Crippen LogP contribution in [0.3, 0.4) is 0 Å². The number of benzene rings is 2. The maximum Gasteiger partial charge on any atom is 0.315 e. The topological polar surface area (TPSA) is 83.1 Å². The van der Waals surface area contributed by atoms with Crippen LogP contribution in [0.1, 0.15) is 73.7 Å². The third-order valence-corrected chi connectivity index (χ3v) is 7.95. The first kappa shape index (κ1) is 24.5. The molecule has 0 spiro atoms. The van der Waals surface area contributed by atoms with Gasteiger partial charge in [-0.2, -0.15) is 0 Å². The van der Waals surface area contributed by atoms with Gasteiger partial charge >= 0.3 is 5.97 Å². The smallest absolute Gasteiger partial charge is 0.315 e. The number of amides is 1. The lowest BCUT2D eigenvalue weighted by Gasteiger charge is -2.40. The number of fused-ring (bicyclic) bond motifs is 1. The Bertz CT molecular complexity index is 1130. The lowest BCUT2D eigenvalue weighted by molar-refractivity contribution is -0.170. The lowest BCUT2D eigenvalue weighted by atomic mass is 9.69. The third kappa shape index (κ3) is 4.51. The highest BCUT2D eigenvalue weighted by Crippen LogP contribution is 2.49. The number of ether oxygens (including phenoxy) is 4. The highest BCUT2D eigenvalue weighted by Gasteiger charge is 2.47. The molecule has 1 aliphatic heterocycles. The standard InChI is InChI=1S/C29H35NO6/c1-33-24-14-13-21(20-11-7-12-22-23(20)17-30-27(22)31)25(26(24)34-2)35-18-29(15-8-16-29)28(32)36-19-9-5-3-4-6-10-19/h7,11-14,19H,3-6,8-10,15-18H2,1-2H3,(H,30,31). The number of rotatable bonds is 8. The van der Waals surface area contributed by atoms with Crippen molar-refractivity contribution in [3.05, 3.63) is 41.5 Å². The molecular weight excluding hydrogens is 458 g/mol. The normalized spacial score (nSPS) is 18.9. The summed E-state index contributed by atoms with van der Waals surface area (Å²) < 4.78 is 23.8. The van der Waals surface area contributed by atoms with Gasteiger partial charge in [-0.15, -0.1) is 0 Å². The summed E-state index contributed by atoms with van der Waals surface area (Å²) in [5.74, 6) is 1.31. The van der Waals surface area contributed by atoms with Crippen molar-refractivity contribution in [3.8, 4) is 28.4 Å². The van der Waals surface area contributed by atoms with Gasteiger partial charge in [0.25, 0.3) is 5.91 Å². The Hall–Kier alpha value is -3.22. The minimum absolute atomic E-state index is 0.0105. The van der Waals surface area contributed by atoms with E-state index in [0.29, 0.717) is 29.4 Å². The van der Waals surface area contributed by atoms with Crippen LogP contribution in [-0.4, -0.2) is 38.8 Å². The maximum absolute atomic E-state index is 13.4. The minimum atomic E-state index is -0.645. The van der Waals surface area contributed by atoms with Crippen LogP contribution in [0, 0.1) is 5.41 Å². The summed E-state index contributed by atoms with van der Waals surface area (Å²) in [5.41, 5.74) is 2.63. The maximum atomic E-state index is 13.4. The van der Waals surface area contributed by atoms with Crippen molar-refractivity contribution in [2.45, 2.75) is 70.4 Å². The van der Waals surface area contributed by atoms with Crippen LogP contribution in [0.4, 0.5) is 0 Å². The van der Waals surface area contributed by atoms with Gasteiger partial charge in [-0.25, -0.2) is 0 Å². The van der Waals surface area contributed by atoms with Gasteiger partial charge in [0, 0.05) is 17.7 Å². The summed E-state index contributed by atoms with van der Waals surface area (Å²) >= 11 is 0. The summed E-state index contributed by atoms with van der Waals surface area (Å²) in [6.07, 6.45) is 9.04. The van der Waals surface area contributed by atoms with Gasteiger partial charge < -0.3 is 24.3 Å². The molecule has 0 atom stereocenters. The SMILES string of the molecule is COc1ccc(-c2cccc3c2CNC3=O)c(OCC2(C(=O)OC3CCCCCC3)CCC2)c1OC. The first-order valence-electron chi connectivity index (χ1n) is 13.1. The minimum Gasteiger partial charge on any atom is -0.493 e. The van der Waals surface area contributed by atoms with Gasteiger partial charge in [-0.05, 0) is 67.9 Å². The van der Waals surface area contributed by atoms with Crippen molar-refractivity contribution in [2.75, 3.05) is 20.8 Å². The number of esters is 1. The molecule has 0 saturated heterocycles. The van der Waals surface area contributed by atoms with Crippen molar-refractivity contribution in [3.63, 3.8) is 0 Å². The van der Waals surface area contributed by atoms with E-state index in [1.807, 2.05) is 30.3 Å². The Balaban J connectivity index is 1.45. The predicted molar refractivity (Wildman–Crippen MR) is 136 cm³/mol. The van der Waals surface area contributed by atoms with Crippen LogP contribution in [0.5, 0.6) is 17.2 Å². The van der Waals surface area contributed by atoms with Gasteiger partial charge in [0.2, 0.25) is 5.75 Å². The predicted octanol–water partition coefficient (Wildman–Crippen LogP) is 5.43. The van der Waals surface area contributed by atoms with E-state index in [0.717, 1.165) is 61.6 Å². The molecule has 2 aromatic carbocycles. The van der Waals surface area contributed by atoms with Gasteiger partial charge in [-0.1, -0.05) is 31.4 Å². The van der Waals surface area contributed by atoms with E-state index in [1.54, 1.807) is 14.2 Å². The van der Waals surface area contributed by atoms with Crippen molar-refractivity contribution in [1.29, 1.82) is 0 Å². The Morgan fingerprint density at radius 2 is 1.67 bits per heavy atom. The van der Waals surface area contributed by atoms with Crippen molar-refractivity contribution < 1.29 is 28.5 Å². The average molecular weight is 494 g/mol. The molecule has 0 radical (unpaired) electrons. The molecule has 192 valence electrons. The largest absolute Gasteiger partial charge is 0.493 e. The zero-order valence-corrected chi connectivity index (χ0v) is 21.2. The van der Waals surface area contributed by atoms with Gasteiger partial charge in [-0.3, -0.25) is 9.59 Å². The molecule has 5 rings (SSSR count). The molecule has 2 fully saturated rings. The van der Waals surface area contributed by atoms with Crippen LogP contribution in [0.2, 0.25) is 0 Å². The zero-order valence-electron chi connectivity index (χ0n) is 21.2. The molecule has 3 aliphatic rings.